The van der Waals surface area contributed by atoms with Gasteiger partial charge in [-0.3, -0.25) is 9.59 Å². The van der Waals surface area contributed by atoms with Gasteiger partial charge in [0.25, 0.3) is 0 Å². The van der Waals surface area contributed by atoms with Gasteiger partial charge in [-0.05, 0) is 36.5 Å². The van der Waals surface area contributed by atoms with Crippen molar-refractivity contribution < 1.29 is 9.59 Å². The van der Waals surface area contributed by atoms with Crippen molar-refractivity contribution in [2.75, 3.05) is 0 Å². The van der Waals surface area contributed by atoms with E-state index in [2.05, 4.69) is 10.7 Å². The number of hydrogen-bond donors (Lipinski definition) is 0. The Morgan fingerprint density at radius 1 is 0.867 bits per heavy atom. The fourth-order valence-electron chi connectivity index (χ4n) is 1.13. The molecule has 0 aliphatic heterocycles. The second-order valence-corrected chi connectivity index (χ2v) is 3.02. The third kappa shape index (κ3) is 2.36. The van der Waals surface area contributed by atoms with Crippen LogP contribution in [0.25, 0.3) is 0 Å². The zero-order chi connectivity index (χ0) is 10.7. The highest BCUT2D eigenvalue weighted by atomic mass is 16.1. The van der Waals surface area contributed by atoms with Gasteiger partial charge in [-0.2, -0.15) is 0 Å². The molecule has 72 valence electrons. The molecule has 0 saturated carbocycles. The topological polar surface area (TPSA) is 46.5 Å². The smallest absolute Gasteiger partial charge is 0.186 e. The predicted octanol–water partition coefficient (Wildman–Crippen LogP) is 1.30. The predicted molar refractivity (Wildman–Crippen MR) is 56.5 cm³/mol. The van der Waals surface area contributed by atoms with E-state index in [0.29, 0.717) is 11.4 Å². The first-order chi connectivity index (χ1) is 7.24. The molecule has 0 aromatic rings. The van der Waals surface area contributed by atoms with Crippen LogP contribution < -0.4 is 0 Å². The molecule has 2 rings (SSSR count). The second-order valence-electron chi connectivity index (χ2n) is 3.02. The number of nitrogens with zero attached hydrogens (tertiary/aromatic N) is 1. The molecular formula is C12H7NO2. The Morgan fingerprint density at radius 3 is 2.13 bits per heavy atom. The van der Waals surface area contributed by atoms with Crippen molar-refractivity contribution in [1.29, 1.82) is 0 Å². The van der Waals surface area contributed by atoms with Crippen LogP contribution in [0.4, 0.5) is 0 Å². The molecule has 15 heavy (non-hydrogen) atoms. The molecule has 0 heterocycles. The van der Waals surface area contributed by atoms with Gasteiger partial charge in [-0.1, -0.05) is 5.73 Å². The number of rotatable bonds is 1. The Bertz CT molecular complexity index is 492. The molecule has 0 bridgehead atoms. The fraction of sp³-hybridized carbons (Fsp3) is 0. The van der Waals surface area contributed by atoms with Crippen LogP contribution >= 0.6 is 0 Å². The fourth-order valence-corrected chi connectivity index (χ4v) is 1.13. The minimum atomic E-state index is -0.0937. The number of hydrogen-bond acceptors (Lipinski definition) is 3. The summed E-state index contributed by atoms with van der Waals surface area (Å²) in [4.78, 5) is 25.8. The first kappa shape index (κ1) is 9.31. The number of carbonyl (C=O) groups is 2. The van der Waals surface area contributed by atoms with E-state index >= 15 is 0 Å². The third-order valence-corrected chi connectivity index (χ3v) is 1.85. The largest absolute Gasteiger partial charge is 0.290 e. The van der Waals surface area contributed by atoms with E-state index in [4.69, 9.17) is 0 Å². The molecular weight excluding hydrogens is 190 g/mol. The second kappa shape index (κ2) is 3.86. The van der Waals surface area contributed by atoms with Crippen LogP contribution in [-0.2, 0) is 9.59 Å². The summed E-state index contributed by atoms with van der Waals surface area (Å²) in [7, 11) is 0. The molecule has 3 nitrogen and oxygen atoms in total. The lowest BCUT2D eigenvalue weighted by atomic mass is 10.1. The summed E-state index contributed by atoms with van der Waals surface area (Å²) in [5.41, 5.74) is 3.99. The molecule has 3 heteroatoms. The van der Waals surface area contributed by atoms with Crippen molar-refractivity contribution >= 4 is 17.3 Å². The van der Waals surface area contributed by atoms with Gasteiger partial charge in [0.2, 0.25) is 0 Å². The van der Waals surface area contributed by atoms with E-state index in [1.165, 1.54) is 24.3 Å². The van der Waals surface area contributed by atoms with Crippen LogP contribution in [-0.4, -0.2) is 17.3 Å². The highest BCUT2D eigenvalue weighted by Gasteiger charge is 2.01. The summed E-state index contributed by atoms with van der Waals surface area (Å²) >= 11 is 0. The minimum absolute atomic E-state index is 0.0483. The summed E-state index contributed by atoms with van der Waals surface area (Å²) in [5.74, 6) is -0.142. The molecule has 0 radical (unpaired) electrons. The first-order valence-corrected chi connectivity index (χ1v) is 4.41. The highest BCUT2D eigenvalue weighted by Crippen LogP contribution is 2.05. The average Bonchev–Trinajstić information content (AvgIpc) is 2.25. The van der Waals surface area contributed by atoms with Crippen molar-refractivity contribution in [3.05, 3.63) is 54.0 Å². The lowest BCUT2D eigenvalue weighted by Gasteiger charge is -1.99. The summed E-state index contributed by atoms with van der Waals surface area (Å²) in [6.45, 7) is 0. The van der Waals surface area contributed by atoms with Crippen LogP contribution in [0.15, 0.2) is 59.0 Å². The number of aliphatic imine (C=N–C) groups is 1. The van der Waals surface area contributed by atoms with Crippen molar-refractivity contribution in [2.24, 2.45) is 4.99 Å². The van der Waals surface area contributed by atoms with Gasteiger partial charge in [-0.15, -0.1) is 0 Å². The normalized spacial score (nSPS) is 18.4. The summed E-state index contributed by atoms with van der Waals surface area (Å²) in [6, 6.07) is 0. The van der Waals surface area contributed by atoms with Crippen LogP contribution in [0, 0.1) is 0 Å². The molecule has 0 saturated heterocycles. The molecule has 0 atom stereocenters. The van der Waals surface area contributed by atoms with Crippen molar-refractivity contribution in [1.82, 2.24) is 0 Å². The van der Waals surface area contributed by atoms with Gasteiger partial charge >= 0.3 is 0 Å². The number of allylic oxidation sites excluding steroid dienone is 6. The van der Waals surface area contributed by atoms with Crippen LogP contribution in [0.2, 0.25) is 0 Å². The summed E-state index contributed by atoms with van der Waals surface area (Å²) < 4.78 is 0. The SMILES string of the molecule is O=C1C=C=C(N=C2C=CC(=O)C=C2)C=C1. The van der Waals surface area contributed by atoms with Crippen LogP contribution in [0.5, 0.6) is 0 Å². The van der Waals surface area contributed by atoms with Gasteiger partial charge in [0.15, 0.2) is 11.6 Å². The molecule has 0 unspecified atom stereocenters. The molecule has 0 spiro atoms. The lowest BCUT2D eigenvalue weighted by Crippen LogP contribution is -1.99. The number of ketones is 2. The Morgan fingerprint density at radius 2 is 1.53 bits per heavy atom. The average molecular weight is 197 g/mol. The maximum atomic E-state index is 10.8. The summed E-state index contributed by atoms with van der Waals surface area (Å²) in [6.07, 6.45) is 10.5. The Hall–Kier alpha value is -2.25. The van der Waals surface area contributed by atoms with Gasteiger partial charge in [-0.25, -0.2) is 4.99 Å². The van der Waals surface area contributed by atoms with Gasteiger partial charge in [0.05, 0.1) is 5.71 Å². The Kier molecular flexibility index (Phi) is 2.40. The van der Waals surface area contributed by atoms with Gasteiger partial charge in [0.1, 0.15) is 5.70 Å². The Balaban J connectivity index is 2.26. The molecule has 0 N–H and O–H groups in total. The quantitative estimate of drug-likeness (QED) is 0.470. The minimum Gasteiger partial charge on any atom is -0.290 e. The zero-order valence-electron chi connectivity index (χ0n) is 7.81. The van der Waals surface area contributed by atoms with Crippen molar-refractivity contribution in [3.63, 3.8) is 0 Å². The van der Waals surface area contributed by atoms with E-state index in [1.54, 1.807) is 18.2 Å². The van der Waals surface area contributed by atoms with E-state index in [0.717, 1.165) is 0 Å². The van der Waals surface area contributed by atoms with Gasteiger partial charge < -0.3 is 0 Å². The maximum Gasteiger partial charge on any atom is 0.186 e. The molecule has 0 amide bonds. The van der Waals surface area contributed by atoms with Gasteiger partial charge in [0, 0.05) is 6.08 Å². The zero-order valence-corrected chi connectivity index (χ0v) is 7.81. The van der Waals surface area contributed by atoms with Crippen molar-refractivity contribution in [3.8, 4) is 0 Å². The molecule has 0 aromatic heterocycles. The van der Waals surface area contributed by atoms with Crippen molar-refractivity contribution in [2.45, 2.75) is 0 Å². The highest BCUT2D eigenvalue weighted by molar-refractivity contribution is 6.16. The Labute approximate surface area is 86.5 Å². The lowest BCUT2D eigenvalue weighted by molar-refractivity contribution is -0.111. The van der Waals surface area contributed by atoms with E-state index in [9.17, 15) is 9.59 Å². The number of carbonyl (C=O) groups excluding carboxylic acids is 2. The van der Waals surface area contributed by atoms with Crippen LogP contribution in [0.3, 0.4) is 0 Å². The van der Waals surface area contributed by atoms with E-state index < -0.39 is 0 Å². The first-order valence-electron chi connectivity index (χ1n) is 4.41. The van der Waals surface area contributed by atoms with E-state index in [1.807, 2.05) is 0 Å². The maximum absolute atomic E-state index is 10.8. The third-order valence-electron chi connectivity index (χ3n) is 1.85. The monoisotopic (exact) mass is 197 g/mol. The standard InChI is InChI=1S/C12H7NO2/c14-11-5-1-9(2-6-11)13-10-3-7-12(15)8-4-10/h1-3,5-8H. The molecule has 0 fully saturated rings. The van der Waals surface area contributed by atoms with E-state index in [-0.39, 0.29) is 11.6 Å². The summed E-state index contributed by atoms with van der Waals surface area (Å²) in [5, 5.41) is 0. The molecule has 2 aliphatic carbocycles. The molecule has 2 aliphatic rings. The van der Waals surface area contributed by atoms with Crippen LogP contribution in [0.1, 0.15) is 0 Å². The molecule has 0 aromatic carbocycles.